The molecule has 7 heteroatoms. The third-order valence-electron chi connectivity index (χ3n) is 2.98. The van der Waals surface area contributed by atoms with E-state index < -0.39 is 17.5 Å². The highest BCUT2D eigenvalue weighted by molar-refractivity contribution is 7.80. The average molecular weight is 332 g/mol. The second-order valence-electron chi connectivity index (χ2n) is 4.85. The van der Waals surface area contributed by atoms with Gasteiger partial charge < -0.3 is 10.6 Å². The molecule has 0 bridgehead atoms. The summed E-state index contributed by atoms with van der Waals surface area (Å²) in [5, 5.41) is 6.30. The van der Waals surface area contributed by atoms with Gasteiger partial charge in [0.25, 0.3) is 5.78 Å². The molecule has 2 N–H and O–H groups in total. The highest BCUT2D eigenvalue weighted by Crippen LogP contribution is 2.22. The summed E-state index contributed by atoms with van der Waals surface area (Å²) in [6.45, 7) is 2.88. The van der Waals surface area contributed by atoms with Gasteiger partial charge in [0, 0.05) is 17.8 Å². The Balaban J connectivity index is 2.44. The van der Waals surface area contributed by atoms with Crippen LogP contribution in [-0.2, 0) is 0 Å². The van der Waals surface area contributed by atoms with Gasteiger partial charge in [-0.3, -0.25) is 4.79 Å². The monoisotopic (exact) mass is 332 g/mol. The van der Waals surface area contributed by atoms with E-state index in [2.05, 4.69) is 17.6 Å². The Morgan fingerprint density at radius 2 is 1.77 bits per heavy atom. The number of carbonyl (C=O) groups is 1. The maximum absolute atomic E-state index is 12.3. The van der Waals surface area contributed by atoms with Crippen LogP contribution in [0.4, 0.5) is 18.9 Å². The molecule has 0 amide bonds. The molecule has 0 radical (unpaired) electrons. The molecule has 0 atom stereocenters. The standard InChI is InChI=1S/C15H19F3N2OS/c1-2-3-4-5-10-19-14(22)20-12-8-6-11(7-9-12)13(21)15(16,17)18/h6-9H,2-5,10H2,1H3,(H2,19,20,22). The Morgan fingerprint density at radius 3 is 2.32 bits per heavy atom. The highest BCUT2D eigenvalue weighted by atomic mass is 32.1. The topological polar surface area (TPSA) is 41.1 Å². The molecule has 0 heterocycles. The molecule has 1 rings (SSSR count). The lowest BCUT2D eigenvalue weighted by molar-refractivity contribution is -0.0885. The van der Waals surface area contributed by atoms with Crippen molar-refractivity contribution in [3.63, 3.8) is 0 Å². The summed E-state index contributed by atoms with van der Waals surface area (Å²) >= 11 is 5.09. The van der Waals surface area contributed by atoms with Gasteiger partial charge in [-0.25, -0.2) is 0 Å². The van der Waals surface area contributed by atoms with Crippen LogP contribution in [0.15, 0.2) is 24.3 Å². The van der Waals surface area contributed by atoms with Crippen LogP contribution in [0.25, 0.3) is 0 Å². The molecule has 1 aromatic rings. The number of thiocarbonyl (C=S) groups is 1. The quantitative estimate of drug-likeness (QED) is 0.444. The van der Waals surface area contributed by atoms with E-state index in [9.17, 15) is 18.0 Å². The molecule has 0 fully saturated rings. The fourth-order valence-electron chi connectivity index (χ4n) is 1.80. The predicted molar refractivity (Wildman–Crippen MR) is 85.2 cm³/mol. The molecule has 0 aliphatic heterocycles. The fraction of sp³-hybridized carbons (Fsp3) is 0.467. The summed E-state index contributed by atoms with van der Waals surface area (Å²) in [6.07, 6.45) is -0.387. The van der Waals surface area contributed by atoms with Gasteiger partial charge in [-0.2, -0.15) is 13.2 Å². The second-order valence-corrected chi connectivity index (χ2v) is 5.25. The zero-order valence-electron chi connectivity index (χ0n) is 12.3. The van der Waals surface area contributed by atoms with Gasteiger partial charge in [0.1, 0.15) is 0 Å². The molecule has 1 aromatic carbocycles. The predicted octanol–water partition coefficient (Wildman–Crippen LogP) is 4.30. The Hall–Kier alpha value is -1.63. The van der Waals surface area contributed by atoms with Crippen LogP contribution in [-0.4, -0.2) is 23.6 Å². The lowest BCUT2D eigenvalue weighted by atomic mass is 10.1. The summed E-state index contributed by atoms with van der Waals surface area (Å²) in [6, 6.07) is 5.04. The molecule has 3 nitrogen and oxygen atoms in total. The Labute approximate surface area is 133 Å². The number of hydrogen-bond donors (Lipinski definition) is 2. The van der Waals surface area contributed by atoms with Crippen molar-refractivity contribution in [2.75, 3.05) is 11.9 Å². The lowest BCUT2D eigenvalue weighted by Gasteiger charge is -2.11. The summed E-state index contributed by atoms with van der Waals surface area (Å²) in [5.41, 5.74) is 0.140. The zero-order chi connectivity index (χ0) is 16.6. The summed E-state index contributed by atoms with van der Waals surface area (Å²) in [7, 11) is 0. The van der Waals surface area contributed by atoms with E-state index in [1.165, 1.54) is 18.6 Å². The SMILES string of the molecule is CCCCCCNC(=S)Nc1ccc(C(=O)C(F)(F)F)cc1. The molecule has 0 unspecified atom stereocenters. The van der Waals surface area contributed by atoms with E-state index in [4.69, 9.17) is 12.2 Å². The summed E-state index contributed by atoms with van der Waals surface area (Å²) in [5.74, 6) is -1.85. The number of rotatable bonds is 7. The third-order valence-corrected chi connectivity index (χ3v) is 3.22. The molecule has 0 spiro atoms. The molecule has 0 aliphatic carbocycles. The van der Waals surface area contributed by atoms with Gasteiger partial charge in [0.2, 0.25) is 0 Å². The van der Waals surface area contributed by atoms with E-state index in [0.717, 1.165) is 37.9 Å². The molecule has 0 saturated heterocycles. The number of alkyl halides is 3. The average Bonchev–Trinajstić information content (AvgIpc) is 2.46. The maximum atomic E-state index is 12.3. The maximum Gasteiger partial charge on any atom is 0.454 e. The number of halogens is 3. The Kier molecular flexibility index (Phi) is 7.31. The van der Waals surface area contributed by atoms with Crippen molar-refractivity contribution in [2.45, 2.75) is 38.8 Å². The molecule has 122 valence electrons. The van der Waals surface area contributed by atoms with Gasteiger partial charge in [0.15, 0.2) is 5.11 Å². The van der Waals surface area contributed by atoms with Crippen LogP contribution in [0, 0.1) is 0 Å². The van der Waals surface area contributed by atoms with Crippen LogP contribution >= 0.6 is 12.2 Å². The van der Waals surface area contributed by atoms with Crippen molar-refractivity contribution in [2.24, 2.45) is 0 Å². The summed E-state index contributed by atoms with van der Waals surface area (Å²) in [4.78, 5) is 11.0. The van der Waals surface area contributed by atoms with Crippen LogP contribution in [0.1, 0.15) is 43.0 Å². The van der Waals surface area contributed by atoms with E-state index in [1.807, 2.05) is 0 Å². The number of ketones is 1. The number of carbonyl (C=O) groups excluding carboxylic acids is 1. The van der Waals surface area contributed by atoms with E-state index in [1.54, 1.807) is 0 Å². The Morgan fingerprint density at radius 1 is 1.14 bits per heavy atom. The highest BCUT2D eigenvalue weighted by Gasteiger charge is 2.39. The first kappa shape index (κ1) is 18.4. The van der Waals surface area contributed by atoms with Crippen molar-refractivity contribution < 1.29 is 18.0 Å². The Bertz CT molecular complexity index is 501. The minimum Gasteiger partial charge on any atom is -0.362 e. The number of hydrogen-bond acceptors (Lipinski definition) is 2. The van der Waals surface area contributed by atoms with Gasteiger partial charge in [-0.15, -0.1) is 0 Å². The number of unbranched alkanes of at least 4 members (excludes halogenated alkanes) is 3. The van der Waals surface area contributed by atoms with Crippen LogP contribution in [0.2, 0.25) is 0 Å². The molecule has 22 heavy (non-hydrogen) atoms. The molecule has 0 aromatic heterocycles. The third kappa shape index (κ3) is 6.43. The first-order valence-corrected chi connectivity index (χ1v) is 7.52. The molecular formula is C15H19F3N2OS. The first-order chi connectivity index (χ1) is 10.3. The second kappa shape index (κ2) is 8.73. The minimum absolute atomic E-state index is 0.392. The first-order valence-electron chi connectivity index (χ1n) is 7.11. The zero-order valence-corrected chi connectivity index (χ0v) is 13.1. The van der Waals surface area contributed by atoms with Gasteiger partial charge in [0.05, 0.1) is 0 Å². The van der Waals surface area contributed by atoms with E-state index >= 15 is 0 Å². The fourth-order valence-corrected chi connectivity index (χ4v) is 2.02. The molecule has 0 aliphatic rings. The van der Waals surface area contributed by atoms with E-state index in [-0.39, 0.29) is 0 Å². The van der Waals surface area contributed by atoms with Crippen LogP contribution in [0.5, 0.6) is 0 Å². The van der Waals surface area contributed by atoms with Crippen LogP contribution in [0.3, 0.4) is 0 Å². The van der Waals surface area contributed by atoms with Crippen molar-refractivity contribution in [1.82, 2.24) is 5.32 Å². The van der Waals surface area contributed by atoms with E-state index in [0.29, 0.717) is 10.8 Å². The minimum atomic E-state index is -4.86. The normalized spacial score (nSPS) is 11.1. The largest absolute Gasteiger partial charge is 0.454 e. The summed E-state index contributed by atoms with van der Waals surface area (Å²) < 4.78 is 36.8. The van der Waals surface area contributed by atoms with Crippen LogP contribution < -0.4 is 10.6 Å². The number of benzene rings is 1. The number of nitrogens with one attached hydrogen (secondary N) is 2. The molecule has 0 saturated carbocycles. The van der Waals surface area contributed by atoms with Crippen molar-refractivity contribution in [3.05, 3.63) is 29.8 Å². The smallest absolute Gasteiger partial charge is 0.362 e. The van der Waals surface area contributed by atoms with Crippen molar-refractivity contribution >= 4 is 28.8 Å². The lowest BCUT2D eigenvalue weighted by Crippen LogP contribution is -2.29. The van der Waals surface area contributed by atoms with Gasteiger partial charge in [-0.05, 0) is 42.9 Å². The van der Waals surface area contributed by atoms with Crippen molar-refractivity contribution in [3.8, 4) is 0 Å². The van der Waals surface area contributed by atoms with Gasteiger partial charge in [-0.1, -0.05) is 26.2 Å². The van der Waals surface area contributed by atoms with Crippen molar-refractivity contribution in [1.29, 1.82) is 0 Å². The molecular weight excluding hydrogens is 313 g/mol. The van der Waals surface area contributed by atoms with Gasteiger partial charge >= 0.3 is 6.18 Å². The number of Topliss-reactive ketones (excluding diaryl/α,β-unsaturated/α-hetero) is 1. The number of anilines is 1.